The fraction of sp³-hybridized carbons (Fsp3) is 0.500. The van der Waals surface area contributed by atoms with Gasteiger partial charge in [0.05, 0.1) is 12.2 Å². The molecule has 0 aliphatic heterocycles. The van der Waals surface area contributed by atoms with Crippen LogP contribution in [0.5, 0.6) is 0 Å². The van der Waals surface area contributed by atoms with Crippen LogP contribution in [-0.4, -0.2) is 12.5 Å². The van der Waals surface area contributed by atoms with E-state index in [2.05, 4.69) is 24.1 Å². The van der Waals surface area contributed by atoms with Crippen molar-refractivity contribution in [2.45, 2.75) is 52.4 Å². The predicted molar refractivity (Wildman–Crippen MR) is 89.1 cm³/mol. The molecule has 0 spiro atoms. The van der Waals surface area contributed by atoms with E-state index < -0.39 is 0 Å². The third-order valence-electron chi connectivity index (χ3n) is 3.28. The SMILES string of the molecule is CCCCCCCC(=O)Nc1ccc(C)cc1C#CCN. The van der Waals surface area contributed by atoms with Crippen molar-refractivity contribution in [2.75, 3.05) is 11.9 Å². The fourth-order valence-corrected chi connectivity index (χ4v) is 2.12. The van der Waals surface area contributed by atoms with Gasteiger partial charge in [-0.05, 0) is 31.0 Å². The first-order chi connectivity index (χ1) is 10.2. The molecule has 3 heteroatoms. The van der Waals surface area contributed by atoms with E-state index in [1.54, 1.807) is 0 Å². The van der Waals surface area contributed by atoms with Crippen LogP contribution in [0.25, 0.3) is 0 Å². The number of carbonyl (C=O) groups excluding carboxylic acids is 1. The van der Waals surface area contributed by atoms with Crippen LogP contribution in [0.15, 0.2) is 18.2 Å². The van der Waals surface area contributed by atoms with Gasteiger partial charge in [-0.15, -0.1) is 0 Å². The average Bonchev–Trinajstić information content (AvgIpc) is 2.47. The van der Waals surface area contributed by atoms with Crippen LogP contribution < -0.4 is 11.1 Å². The van der Waals surface area contributed by atoms with E-state index in [0.29, 0.717) is 13.0 Å². The molecular weight excluding hydrogens is 260 g/mol. The van der Waals surface area contributed by atoms with E-state index in [0.717, 1.165) is 29.7 Å². The molecule has 0 fully saturated rings. The van der Waals surface area contributed by atoms with Gasteiger partial charge in [0.25, 0.3) is 0 Å². The van der Waals surface area contributed by atoms with Crippen molar-refractivity contribution in [1.29, 1.82) is 0 Å². The zero-order valence-corrected chi connectivity index (χ0v) is 13.2. The number of amides is 1. The third kappa shape index (κ3) is 6.97. The van der Waals surface area contributed by atoms with Gasteiger partial charge in [-0.2, -0.15) is 0 Å². The first-order valence-electron chi connectivity index (χ1n) is 7.76. The topological polar surface area (TPSA) is 55.1 Å². The molecule has 1 aromatic rings. The number of nitrogens with two attached hydrogens (primary N) is 1. The van der Waals surface area contributed by atoms with Gasteiger partial charge in [0, 0.05) is 12.0 Å². The summed E-state index contributed by atoms with van der Waals surface area (Å²) in [5.74, 6) is 5.91. The van der Waals surface area contributed by atoms with Crippen molar-refractivity contribution in [1.82, 2.24) is 0 Å². The zero-order chi connectivity index (χ0) is 15.5. The van der Waals surface area contributed by atoms with Gasteiger partial charge >= 0.3 is 0 Å². The van der Waals surface area contributed by atoms with Gasteiger partial charge in [-0.25, -0.2) is 0 Å². The van der Waals surface area contributed by atoms with Crippen molar-refractivity contribution in [2.24, 2.45) is 5.73 Å². The minimum absolute atomic E-state index is 0.0613. The lowest BCUT2D eigenvalue weighted by molar-refractivity contribution is -0.116. The number of hydrogen-bond donors (Lipinski definition) is 2. The summed E-state index contributed by atoms with van der Waals surface area (Å²) in [5.41, 5.74) is 8.14. The fourth-order valence-electron chi connectivity index (χ4n) is 2.12. The summed E-state index contributed by atoms with van der Waals surface area (Å²) in [5, 5.41) is 2.96. The molecule has 0 aliphatic carbocycles. The predicted octanol–water partition coefficient (Wildman–Crippen LogP) is 3.60. The average molecular weight is 286 g/mol. The second kappa shape index (κ2) is 10.0. The minimum Gasteiger partial charge on any atom is -0.325 e. The molecule has 1 amide bonds. The normalized spacial score (nSPS) is 9.86. The molecule has 0 aromatic heterocycles. The lowest BCUT2D eigenvalue weighted by Crippen LogP contribution is -2.12. The molecule has 0 aliphatic rings. The molecule has 0 atom stereocenters. The summed E-state index contributed by atoms with van der Waals surface area (Å²) >= 11 is 0. The highest BCUT2D eigenvalue weighted by Gasteiger charge is 2.06. The van der Waals surface area contributed by atoms with Crippen LogP contribution in [0.3, 0.4) is 0 Å². The largest absolute Gasteiger partial charge is 0.325 e. The molecule has 21 heavy (non-hydrogen) atoms. The van der Waals surface area contributed by atoms with Crippen LogP contribution in [0.2, 0.25) is 0 Å². The Balaban J connectivity index is 2.55. The summed E-state index contributed by atoms with van der Waals surface area (Å²) < 4.78 is 0. The highest BCUT2D eigenvalue weighted by molar-refractivity contribution is 5.92. The van der Waals surface area contributed by atoms with Crippen molar-refractivity contribution >= 4 is 11.6 Å². The third-order valence-corrected chi connectivity index (χ3v) is 3.28. The van der Waals surface area contributed by atoms with Crippen molar-refractivity contribution in [3.05, 3.63) is 29.3 Å². The van der Waals surface area contributed by atoms with Gasteiger partial charge < -0.3 is 11.1 Å². The van der Waals surface area contributed by atoms with E-state index in [4.69, 9.17) is 5.73 Å². The molecule has 3 nitrogen and oxygen atoms in total. The van der Waals surface area contributed by atoms with Crippen molar-refractivity contribution in [3.63, 3.8) is 0 Å². The van der Waals surface area contributed by atoms with Crippen LogP contribution in [0.4, 0.5) is 5.69 Å². The molecule has 3 N–H and O–H groups in total. The van der Waals surface area contributed by atoms with E-state index in [-0.39, 0.29) is 5.91 Å². The molecule has 0 unspecified atom stereocenters. The quantitative estimate of drug-likeness (QED) is 0.594. The van der Waals surface area contributed by atoms with E-state index in [9.17, 15) is 4.79 Å². The Labute approximate surface area is 128 Å². The Kier molecular flexibility index (Phi) is 8.23. The Morgan fingerprint density at radius 1 is 1.24 bits per heavy atom. The Morgan fingerprint density at radius 3 is 2.71 bits per heavy atom. The summed E-state index contributed by atoms with van der Waals surface area (Å²) in [6.45, 7) is 4.51. The molecule has 0 saturated carbocycles. The van der Waals surface area contributed by atoms with Crippen molar-refractivity contribution in [3.8, 4) is 11.8 Å². The molecule has 1 aromatic carbocycles. The van der Waals surface area contributed by atoms with E-state index in [1.165, 1.54) is 19.3 Å². The van der Waals surface area contributed by atoms with Crippen LogP contribution >= 0.6 is 0 Å². The molecule has 0 bridgehead atoms. The zero-order valence-electron chi connectivity index (χ0n) is 13.2. The molecule has 0 heterocycles. The maximum atomic E-state index is 12.0. The summed E-state index contributed by atoms with van der Waals surface area (Å²) in [6, 6.07) is 5.86. The minimum atomic E-state index is 0.0613. The Morgan fingerprint density at radius 2 is 2.00 bits per heavy atom. The van der Waals surface area contributed by atoms with Gasteiger partial charge in [-0.1, -0.05) is 50.5 Å². The lowest BCUT2D eigenvalue weighted by Gasteiger charge is -2.08. The van der Waals surface area contributed by atoms with Crippen molar-refractivity contribution < 1.29 is 4.79 Å². The Bertz CT molecular complexity index is 512. The maximum Gasteiger partial charge on any atom is 0.224 e. The highest BCUT2D eigenvalue weighted by Crippen LogP contribution is 2.17. The lowest BCUT2D eigenvalue weighted by atomic mass is 10.1. The van der Waals surface area contributed by atoms with E-state index >= 15 is 0 Å². The molecular formula is C18H26N2O. The molecule has 0 saturated heterocycles. The Hall–Kier alpha value is -1.79. The smallest absolute Gasteiger partial charge is 0.224 e. The maximum absolute atomic E-state index is 12.0. The van der Waals surface area contributed by atoms with Gasteiger partial charge in [0.2, 0.25) is 5.91 Å². The number of aryl methyl sites for hydroxylation is 1. The summed E-state index contributed by atoms with van der Waals surface area (Å²) in [7, 11) is 0. The molecule has 1 rings (SSSR count). The first-order valence-corrected chi connectivity index (χ1v) is 7.76. The summed E-state index contributed by atoms with van der Waals surface area (Å²) in [6.07, 6.45) is 6.32. The van der Waals surface area contributed by atoms with Gasteiger partial charge in [0.15, 0.2) is 0 Å². The summed E-state index contributed by atoms with van der Waals surface area (Å²) in [4.78, 5) is 12.0. The van der Waals surface area contributed by atoms with Crippen LogP contribution in [0.1, 0.15) is 56.6 Å². The second-order valence-corrected chi connectivity index (χ2v) is 5.27. The first kappa shape index (κ1) is 17.3. The van der Waals surface area contributed by atoms with Crippen LogP contribution in [-0.2, 0) is 4.79 Å². The van der Waals surface area contributed by atoms with E-state index in [1.807, 2.05) is 25.1 Å². The number of unbranched alkanes of at least 4 members (excludes halogenated alkanes) is 4. The molecule has 114 valence electrons. The highest BCUT2D eigenvalue weighted by atomic mass is 16.1. The number of carbonyl (C=O) groups is 1. The number of anilines is 1. The van der Waals surface area contributed by atoms with Gasteiger partial charge in [0.1, 0.15) is 0 Å². The van der Waals surface area contributed by atoms with Gasteiger partial charge in [-0.3, -0.25) is 4.79 Å². The van der Waals surface area contributed by atoms with Crippen LogP contribution in [0, 0.1) is 18.8 Å². The number of rotatable bonds is 7. The monoisotopic (exact) mass is 286 g/mol. The number of benzene rings is 1. The molecule has 0 radical (unpaired) electrons. The second-order valence-electron chi connectivity index (χ2n) is 5.27. The number of nitrogens with one attached hydrogen (secondary N) is 1. The number of hydrogen-bond acceptors (Lipinski definition) is 2. The standard InChI is InChI=1S/C18H26N2O/c1-3-4-5-6-7-10-18(21)20-17-12-11-15(2)14-16(17)9-8-13-19/h11-12,14H,3-7,10,13,19H2,1-2H3,(H,20,21).